The van der Waals surface area contributed by atoms with E-state index in [1.165, 1.54) is 6.20 Å². The van der Waals surface area contributed by atoms with Crippen molar-refractivity contribution in [2.75, 3.05) is 13.7 Å². The lowest BCUT2D eigenvalue weighted by molar-refractivity contribution is 0.0953. The van der Waals surface area contributed by atoms with E-state index in [0.717, 1.165) is 5.69 Å². The normalized spacial score (nSPS) is 10.7. The number of carbonyl (C=O) groups excluding carboxylic acids is 1. The fourth-order valence-corrected chi connectivity index (χ4v) is 2.32. The fraction of sp³-hybridized carbons (Fsp3) is 0.188. The zero-order valence-corrected chi connectivity index (χ0v) is 12.6. The zero-order chi connectivity index (χ0) is 16.2. The molecule has 0 aliphatic rings. The molecule has 7 heteroatoms. The van der Waals surface area contributed by atoms with Crippen molar-refractivity contribution in [1.82, 2.24) is 20.3 Å². The standard InChI is InChI=1S/C16H16N4O3/c1-23-11-2-3-12-14(6-11)19-8-13(15(12)21)16(22)18-5-4-10-7-17-9-20-10/h2-3,6-9H,4-5H2,1H3,(H,17,20)(H,18,22)(H,19,21). The lowest BCUT2D eigenvalue weighted by Crippen LogP contribution is -2.30. The van der Waals surface area contributed by atoms with E-state index in [4.69, 9.17) is 4.74 Å². The average Bonchev–Trinajstić information content (AvgIpc) is 3.08. The summed E-state index contributed by atoms with van der Waals surface area (Å²) in [6.45, 7) is 0.418. The smallest absolute Gasteiger partial charge is 0.256 e. The third-order valence-electron chi connectivity index (χ3n) is 3.57. The molecular weight excluding hydrogens is 296 g/mol. The maximum atomic E-state index is 12.4. The molecule has 1 amide bonds. The number of fused-ring (bicyclic) bond motifs is 1. The third-order valence-corrected chi connectivity index (χ3v) is 3.57. The number of imidazole rings is 1. The van der Waals surface area contributed by atoms with Crippen molar-refractivity contribution in [2.45, 2.75) is 6.42 Å². The number of carbonyl (C=O) groups is 1. The third kappa shape index (κ3) is 3.08. The monoisotopic (exact) mass is 312 g/mol. The molecule has 3 N–H and O–H groups in total. The largest absolute Gasteiger partial charge is 0.497 e. The van der Waals surface area contributed by atoms with Gasteiger partial charge in [-0.15, -0.1) is 0 Å². The molecule has 7 nitrogen and oxygen atoms in total. The van der Waals surface area contributed by atoms with Gasteiger partial charge in [0.25, 0.3) is 5.91 Å². The number of amides is 1. The fourth-order valence-electron chi connectivity index (χ4n) is 2.32. The van der Waals surface area contributed by atoms with Crippen LogP contribution in [0.1, 0.15) is 16.1 Å². The second kappa shape index (κ2) is 6.35. The molecule has 1 aromatic carbocycles. The highest BCUT2D eigenvalue weighted by molar-refractivity contribution is 5.97. The molecule has 23 heavy (non-hydrogen) atoms. The van der Waals surface area contributed by atoms with Gasteiger partial charge >= 0.3 is 0 Å². The summed E-state index contributed by atoms with van der Waals surface area (Å²) in [6, 6.07) is 5.06. The molecule has 0 saturated heterocycles. The first kappa shape index (κ1) is 14.8. The van der Waals surface area contributed by atoms with Crippen molar-refractivity contribution in [3.05, 3.63) is 58.4 Å². The minimum atomic E-state index is -0.400. The van der Waals surface area contributed by atoms with Crippen LogP contribution in [0.4, 0.5) is 0 Å². The molecule has 2 aromatic heterocycles. The molecule has 3 aromatic rings. The van der Waals surface area contributed by atoms with Crippen LogP contribution in [0.15, 0.2) is 41.7 Å². The van der Waals surface area contributed by atoms with E-state index in [0.29, 0.717) is 29.6 Å². The predicted octanol–water partition coefficient (Wildman–Crippen LogP) is 1.23. The Kier molecular flexibility index (Phi) is 4.09. The topological polar surface area (TPSA) is 99.9 Å². The number of benzene rings is 1. The van der Waals surface area contributed by atoms with Gasteiger partial charge in [0, 0.05) is 42.5 Å². The molecule has 3 rings (SSSR count). The number of methoxy groups -OCH3 is 1. The van der Waals surface area contributed by atoms with Crippen LogP contribution in [0.2, 0.25) is 0 Å². The Balaban J connectivity index is 1.77. The van der Waals surface area contributed by atoms with Crippen molar-refractivity contribution in [3.8, 4) is 5.75 Å². The first-order valence-corrected chi connectivity index (χ1v) is 7.14. The summed E-state index contributed by atoms with van der Waals surface area (Å²) in [5, 5.41) is 3.18. The van der Waals surface area contributed by atoms with Crippen molar-refractivity contribution in [3.63, 3.8) is 0 Å². The van der Waals surface area contributed by atoms with Crippen molar-refractivity contribution in [2.24, 2.45) is 0 Å². The van der Waals surface area contributed by atoms with Crippen LogP contribution in [0, 0.1) is 0 Å². The molecular formula is C16H16N4O3. The van der Waals surface area contributed by atoms with E-state index in [2.05, 4.69) is 20.3 Å². The van der Waals surface area contributed by atoms with Gasteiger partial charge in [0.05, 0.1) is 19.0 Å². The van der Waals surface area contributed by atoms with Gasteiger partial charge in [-0.3, -0.25) is 9.59 Å². The SMILES string of the molecule is COc1ccc2c(=O)c(C(=O)NCCc3cnc[nH]3)c[nH]c2c1. The van der Waals surface area contributed by atoms with E-state index in [-0.39, 0.29) is 11.0 Å². The highest BCUT2D eigenvalue weighted by atomic mass is 16.5. The summed E-state index contributed by atoms with van der Waals surface area (Å²) < 4.78 is 5.12. The molecule has 0 aliphatic heterocycles. The highest BCUT2D eigenvalue weighted by Crippen LogP contribution is 2.16. The second-order valence-corrected chi connectivity index (χ2v) is 5.03. The summed E-state index contributed by atoms with van der Waals surface area (Å²) in [4.78, 5) is 34.4. The van der Waals surface area contributed by atoms with Crippen LogP contribution in [0.5, 0.6) is 5.75 Å². The second-order valence-electron chi connectivity index (χ2n) is 5.03. The van der Waals surface area contributed by atoms with E-state index in [1.807, 2.05) is 0 Å². The molecule has 2 heterocycles. The first-order valence-electron chi connectivity index (χ1n) is 7.14. The predicted molar refractivity (Wildman–Crippen MR) is 85.7 cm³/mol. The summed E-state index contributed by atoms with van der Waals surface area (Å²) in [5.41, 5.74) is 1.33. The molecule has 0 atom stereocenters. The van der Waals surface area contributed by atoms with Gasteiger partial charge in [-0.1, -0.05) is 0 Å². The number of aromatic nitrogens is 3. The number of nitrogens with one attached hydrogen (secondary N) is 3. The van der Waals surface area contributed by atoms with Crippen LogP contribution < -0.4 is 15.5 Å². The summed E-state index contributed by atoms with van der Waals surface area (Å²) in [5.74, 6) is 0.244. The van der Waals surface area contributed by atoms with E-state index in [1.54, 1.807) is 37.8 Å². The maximum Gasteiger partial charge on any atom is 0.256 e. The molecule has 0 saturated carbocycles. The van der Waals surface area contributed by atoms with Gasteiger partial charge in [0.1, 0.15) is 11.3 Å². The van der Waals surface area contributed by atoms with Gasteiger partial charge in [-0.2, -0.15) is 0 Å². The number of rotatable bonds is 5. The molecule has 0 fully saturated rings. The van der Waals surface area contributed by atoms with Crippen molar-refractivity contribution < 1.29 is 9.53 Å². The summed E-state index contributed by atoms with van der Waals surface area (Å²) in [7, 11) is 1.56. The number of pyridine rings is 1. The number of nitrogens with zero attached hydrogens (tertiary/aromatic N) is 1. The summed E-state index contributed by atoms with van der Waals surface area (Å²) in [6.07, 6.45) is 5.33. The molecule has 0 bridgehead atoms. The van der Waals surface area contributed by atoms with Gasteiger partial charge < -0.3 is 20.0 Å². The zero-order valence-electron chi connectivity index (χ0n) is 12.6. The lowest BCUT2D eigenvalue weighted by atomic mass is 10.1. The van der Waals surface area contributed by atoms with Crippen LogP contribution in [0.25, 0.3) is 10.9 Å². The first-order chi connectivity index (χ1) is 11.2. The number of H-pyrrole nitrogens is 2. The Morgan fingerprint density at radius 1 is 1.35 bits per heavy atom. The van der Waals surface area contributed by atoms with E-state index >= 15 is 0 Å². The Morgan fingerprint density at radius 3 is 2.96 bits per heavy atom. The molecule has 118 valence electrons. The minimum absolute atomic E-state index is 0.0901. The number of hydrogen-bond acceptors (Lipinski definition) is 4. The number of ether oxygens (including phenoxy) is 1. The van der Waals surface area contributed by atoms with Crippen molar-refractivity contribution >= 4 is 16.8 Å². The van der Waals surface area contributed by atoms with Gasteiger partial charge in [0.15, 0.2) is 0 Å². The minimum Gasteiger partial charge on any atom is -0.497 e. The molecule has 0 spiro atoms. The van der Waals surface area contributed by atoms with Gasteiger partial charge in [-0.25, -0.2) is 4.98 Å². The Labute approximate surface area is 131 Å². The highest BCUT2D eigenvalue weighted by Gasteiger charge is 2.13. The Morgan fingerprint density at radius 2 is 2.22 bits per heavy atom. The Hall–Kier alpha value is -3.09. The van der Waals surface area contributed by atoms with E-state index < -0.39 is 5.91 Å². The number of aromatic amines is 2. The van der Waals surface area contributed by atoms with Crippen LogP contribution in [-0.4, -0.2) is 34.5 Å². The average molecular weight is 312 g/mol. The van der Waals surface area contributed by atoms with Crippen molar-refractivity contribution in [1.29, 1.82) is 0 Å². The van der Waals surface area contributed by atoms with Gasteiger partial charge in [0.2, 0.25) is 5.43 Å². The van der Waals surface area contributed by atoms with Crippen LogP contribution in [-0.2, 0) is 6.42 Å². The molecule has 0 radical (unpaired) electrons. The summed E-state index contributed by atoms with van der Waals surface area (Å²) >= 11 is 0. The molecule has 0 aliphatic carbocycles. The maximum absolute atomic E-state index is 12.4. The number of hydrogen-bond donors (Lipinski definition) is 3. The molecule has 0 unspecified atom stereocenters. The van der Waals surface area contributed by atoms with Crippen LogP contribution in [0.3, 0.4) is 0 Å². The lowest BCUT2D eigenvalue weighted by Gasteiger charge is -2.06. The van der Waals surface area contributed by atoms with Gasteiger partial charge in [-0.05, 0) is 12.1 Å². The Bertz CT molecular complexity index is 884. The van der Waals surface area contributed by atoms with E-state index in [9.17, 15) is 9.59 Å². The van der Waals surface area contributed by atoms with Crippen LogP contribution >= 0.6 is 0 Å². The quantitative estimate of drug-likeness (QED) is 0.660.